The number of sulfonamides is 4. The number of aryl methyl sites for hydroxylation is 4. The van der Waals surface area contributed by atoms with E-state index in [9.17, 15) is 33.7 Å². The Balaban J connectivity index is 0.955. The van der Waals surface area contributed by atoms with Crippen LogP contribution in [0.15, 0.2) is 117 Å². The van der Waals surface area contributed by atoms with Crippen LogP contribution >= 0.6 is 0 Å². The van der Waals surface area contributed by atoms with Crippen LogP contribution in [0.1, 0.15) is 125 Å². The lowest BCUT2D eigenvalue weighted by Crippen LogP contribution is -2.35. The van der Waals surface area contributed by atoms with E-state index in [2.05, 4.69) is 0 Å². The minimum absolute atomic E-state index is 0.264. The SMILES string of the molecule is Cc1ccc(S(=O)(=O)N(CCCCCCCCCCN(CCCCN(CC2CC2)S(=O)(=O)c2ccc(C)cc2)S(=O)(=O)c2ccc(C)cc2)CCCCN(CC2CC2)S(=O)(=O)c2ccc(C)cc2)cc1. The summed E-state index contributed by atoms with van der Waals surface area (Å²) < 4.78 is 117. The summed E-state index contributed by atoms with van der Waals surface area (Å²) in [6.45, 7) is 10.8. The molecule has 4 aromatic rings. The van der Waals surface area contributed by atoms with E-state index in [0.29, 0.717) is 113 Å². The second kappa shape index (κ2) is 26.0. The molecule has 0 aliphatic heterocycles. The van der Waals surface area contributed by atoms with Crippen LogP contribution in [-0.2, 0) is 40.1 Å². The highest BCUT2D eigenvalue weighted by molar-refractivity contribution is 7.90. The normalized spacial score (nSPS) is 14.9. The predicted octanol–water partition coefficient (Wildman–Crippen LogP) is 10.5. The van der Waals surface area contributed by atoms with Crippen LogP contribution in [0.2, 0.25) is 0 Å². The summed E-state index contributed by atoms with van der Waals surface area (Å²) in [4.78, 5) is 1.11. The smallest absolute Gasteiger partial charge is 0.207 e. The first-order chi connectivity index (χ1) is 33.4. The third kappa shape index (κ3) is 16.5. The summed E-state index contributed by atoms with van der Waals surface area (Å²) in [5.74, 6) is 0.748. The van der Waals surface area contributed by atoms with Crippen LogP contribution in [0.25, 0.3) is 0 Å². The van der Waals surface area contributed by atoms with Crippen LogP contribution in [0.4, 0.5) is 0 Å². The highest BCUT2D eigenvalue weighted by atomic mass is 32.2. The summed E-state index contributed by atoms with van der Waals surface area (Å²) in [6, 6.07) is 27.8. The topological polar surface area (TPSA) is 150 Å². The van der Waals surface area contributed by atoms with Gasteiger partial charge in [-0.2, -0.15) is 17.2 Å². The molecule has 2 saturated carbocycles. The molecule has 386 valence electrons. The fraction of sp³-hybridized carbons (Fsp3) is 0.556. The third-order valence-electron chi connectivity index (χ3n) is 13.6. The summed E-state index contributed by atoms with van der Waals surface area (Å²) in [7, 11) is -14.8. The fourth-order valence-electron chi connectivity index (χ4n) is 8.73. The maximum absolute atomic E-state index is 14.0. The van der Waals surface area contributed by atoms with E-state index in [1.807, 2.05) is 76.2 Å². The second-order valence-corrected chi connectivity index (χ2v) is 27.7. The number of benzene rings is 4. The number of hydrogen-bond donors (Lipinski definition) is 0. The van der Waals surface area contributed by atoms with Crippen LogP contribution in [0.3, 0.4) is 0 Å². The van der Waals surface area contributed by atoms with Crippen molar-refractivity contribution in [2.75, 3.05) is 52.4 Å². The Morgan fingerprint density at radius 2 is 0.486 bits per heavy atom. The van der Waals surface area contributed by atoms with Gasteiger partial charge in [-0.1, -0.05) is 109 Å². The zero-order chi connectivity index (χ0) is 50.4. The fourth-order valence-corrected chi connectivity index (χ4v) is 14.9. The van der Waals surface area contributed by atoms with E-state index in [1.165, 1.54) is 0 Å². The molecular weight excluding hydrogens is 961 g/mol. The summed E-state index contributed by atoms with van der Waals surface area (Å²) in [5.41, 5.74) is 3.95. The molecule has 0 amide bonds. The van der Waals surface area contributed by atoms with E-state index in [0.717, 1.165) is 86.5 Å². The molecule has 2 aliphatic carbocycles. The molecule has 0 atom stereocenters. The molecule has 6 rings (SSSR count). The molecule has 4 aromatic carbocycles. The van der Waals surface area contributed by atoms with E-state index in [1.54, 1.807) is 65.8 Å². The lowest BCUT2D eigenvalue weighted by atomic mass is 10.1. The first-order valence-electron chi connectivity index (χ1n) is 25.6. The van der Waals surface area contributed by atoms with E-state index < -0.39 is 40.1 Å². The molecule has 0 aromatic heterocycles. The zero-order valence-corrected chi connectivity index (χ0v) is 45.3. The number of hydrogen-bond acceptors (Lipinski definition) is 8. The maximum atomic E-state index is 14.0. The molecule has 2 aliphatic rings. The second-order valence-electron chi connectivity index (χ2n) is 19.9. The van der Waals surface area contributed by atoms with Crippen molar-refractivity contribution in [2.45, 2.75) is 150 Å². The summed E-state index contributed by atoms with van der Waals surface area (Å²) in [6.07, 6.45) is 13.3. The number of unbranched alkanes of at least 4 members (excludes halogenated alkanes) is 9. The average Bonchev–Trinajstić information content (AvgIpc) is 4.28. The quantitative estimate of drug-likeness (QED) is 0.0428. The Labute approximate surface area is 422 Å². The highest BCUT2D eigenvalue weighted by Gasteiger charge is 2.33. The van der Waals surface area contributed by atoms with Crippen molar-refractivity contribution in [3.63, 3.8) is 0 Å². The van der Waals surface area contributed by atoms with Crippen molar-refractivity contribution < 1.29 is 33.7 Å². The monoisotopic (exact) mass is 1040 g/mol. The molecule has 2 fully saturated rings. The molecule has 0 bridgehead atoms. The summed E-state index contributed by atoms with van der Waals surface area (Å²) >= 11 is 0. The average molecular weight is 1040 g/mol. The lowest BCUT2D eigenvalue weighted by molar-refractivity contribution is 0.355. The Morgan fingerprint density at radius 1 is 0.300 bits per heavy atom. The highest BCUT2D eigenvalue weighted by Crippen LogP contribution is 2.33. The van der Waals surface area contributed by atoms with Gasteiger partial charge >= 0.3 is 0 Å². The zero-order valence-electron chi connectivity index (χ0n) is 42.1. The lowest BCUT2D eigenvalue weighted by Gasteiger charge is -2.25. The first kappa shape index (κ1) is 55.8. The largest absolute Gasteiger partial charge is 0.243 e. The summed E-state index contributed by atoms with van der Waals surface area (Å²) in [5, 5.41) is 0. The van der Waals surface area contributed by atoms with Gasteiger partial charge in [0.15, 0.2) is 0 Å². The molecule has 0 heterocycles. The van der Waals surface area contributed by atoms with Gasteiger partial charge in [-0.05, 0) is 152 Å². The third-order valence-corrected chi connectivity index (χ3v) is 21.2. The first-order valence-corrected chi connectivity index (χ1v) is 31.4. The van der Waals surface area contributed by atoms with Gasteiger partial charge in [-0.25, -0.2) is 33.7 Å². The molecule has 16 heteroatoms. The Bertz CT molecular complexity index is 2500. The van der Waals surface area contributed by atoms with Crippen molar-refractivity contribution in [2.24, 2.45) is 11.8 Å². The maximum Gasteiger partial charge on any atom is 0.243 e. The van der Waals surface area contributed by atoms with Gasteiger partial charge in [0.05, 0.1) is 19.6 Å². The number of rotatable bonds is 33. The van der Waals surface area contributed by atoms with Crippen molar-refractivity contribution in [1.82, 2.24) is 17.2 Å². The van der Waals surface area contributed by atoms with Gasteiger partial charge in [0.25, 0.3) is 0 Å². The molecule has 0 saturated heterocycles. The van der Waals surface area contributed by atoms with Gasteiger partial charge in [-0.15, -0.1) is 0 Å². The van der Waals surface area contributed by atoms with Crippen molar-refractivity contribution in [3.8, 4) is 0 Å². The van der Waals surface area contributed by atoms with Gasteiger partial charge in [0.1, 0.15) is 0 Å². The van der Waals surface area contributed by atoms with E-state index in [4.69, 9.17) is 0 Å². The van der Waals surface area contributed by atoms with Crippen LogP contribution < -0.4 is 0 Å². The standard InChI is InChI=1S/C54H78N4O8S4/c1-45-17-29-51(30-18-45)67(59,60)55(39-13-15-41-57(43-49-25-26-49)69(63,64)53-33-21-47(3)22-34-53)37-11-9-7-5-6-8-10-12-38-56(68(61,62)52-31-19-46(2)20-32-52)40-14-16-42-58(44-50-27-28-50)70(65,66)54-35-23-48(4)24-36-54/h17-24,29-36,49-50H,5-16,25-28,37-44H2,1-4H3. The van der Waals surface area contributed by atoms with Crippen molar-refractivity contribution >= 4 is 40.1 Å². The molecule has 12 nitrogen and oxygen atoms in total. The van der Waals surface area contributed by atoms with Crippen LogP contribution in [0.5, 0.6) is 0 Å². The van der Waals surface area contributed by atoms with E-state index in [-0.39, 0.29) is 9.79 Å². The predicted molar refractivity (Wildman–Crippen MR) is 281 cm³/mol. The Morgan fingerprint density at radius 3 is 0.714 bits per heavy atom. The minimum Gasteiger partial charge on any atom is -0.207 e. The molecule has 70 heavy (non-hydrogen) atoms. The molecule has 0 N–H and O–H groups in total. The van der Waals surface area contributed by atoms with Crippen LogP contribution in [0, 0.1) is 39.5 Å². The number of nitrogens with zero attached hydrogens (tertiary/aromatic N) is 4. The van der Waals surface area contributed by atoms with Gasteiger partial charge < -0.3 is 0 Å². The van der Waals surface area contributed by atoms with Gasteiger partial charge in [-0.3, -0.25) is 0 Å². The Hall–Kier alpha value is -3.48. The van der Waals surface area contributed by atoms with Gasteiger partial charge in [0, 0.05) is 52.4 Å². The van der Waals surface area contributed by atoms with Crippen LogP contribution in [-0.4, -0.2) is 103 Å². The van der Waals surface area contributed by atoms with Crippen molar-refractivity contribution in [3.05, 3.63) is 119 Å². The molecule has 0 radical (unpaired) electrons. The minimum atomic E-state index is -3.75. The Kier molecular flexibility index (Phi) is 20.7. The van der Waals surface area contributed by atoms with Gasteiger partial charge in [0.2, 0.25) is 40.1 Å². The molecular formula is C54H78N4O8S4. The molecule has 0 unspecified atom stereocenters. The van der Waals surface area contributed by atoms with Crippen molar-refractivity contribution in [1.29, 1.82) is 0 Å². The molecule has 0 spiro atoms. The van der Waals surface area contributed by atoms with E-state index >= 15 is 0 Å².